The van der Waals surface area contributed by atoms with Crippen LogP contribution in [0.5, 0.6) is 0 Å². The number of imidazole rings is 1. The summed E-state index contributed by atoms with van der Waals surface area (Å²) >= 11 is 0. The molecule has 2 rings (SSSR count). The maximum Gasteiger partial charge on any atom is 0.114 e. The van der Waals surface area contributed by atoms with Crippen LogP contribution in [-0.2, 0) is 7.05 Å². The normalized spacial score (nSPS) is 21.1. The Morgan fingerprint density at radius 3 is 2.73 bits per heavy atom. The molecule has 1 aromatic rings. The van der Waals surface area contributed by atoms with E-state index in [0.29, 0.717) is 0 Å². The van der Waals surface area contributed by atoms with Crippen LogP contribution in [0.15, 0.2) is 12.5 Å². The van der Waals surface area contributed by atoms with Crippen LogP contribution in [-0.4, -0.2) is 14.7 Å². The number of nitrogens with zero attached hydrogens (tertiary/aromatic N) is 3. The molecule has 1 fully saturated rings. The molecule has 0 saturated heterocycles. The van der Waals surface area contributed by atoms with Crippen molar-refractivity contribution in [1.82, 2.24) is 9.55 Å². The number of aryl methyl sites for hydroxylation is 1. The van der Waals surface area contributed by atoms with Gasteiger partial charge in [-0.3, -0.25) is 0 Å². The summed E-state index contributed by atoms with van der Waals surface area (Å²) in [5.41, 5.74) is 0.145. The number of aliphatic hydroxyl groups is 1. The Balaban J connectivity index is 2.31. The third-order valence-corrected chi connectivity index (χ3v) is 3.38. The zero-order valence-electron chi connectivity index (χ0n) is 8.85. The maximum atomic E-state index is 10.3. The molecule has 0 spiro atoms. The molecule has 80 valence electrons. The minimum Gasteiger partial charge on any atom is -0.385 e. The fraction of sp³-hybridized carbons (Fsp3) is 0.636. The summed E-state index contributed by atoms with van der Waals surface area (Å²) in [4.78, 5) is 3.97. The Hall–Kier alpha value is -1.34. The molecule has 1 saturated carbocycles. The molecule has 0 aromatic carbocycles. The van der Waals surface area contributed by atoms with Crippen molar-refractivity contribution in [2.75, 3.05) is 0 Å². The number of hydrogen-bond donors (Lipinski definition) is 1. The Kier molecular flexibility index (Phi) is 2.49. The van der Waals surface area contributed by atoms with E-state index >= 15 is 0 Å². The van der Waals surface area contributed by atoms with E-state index < -0.39 is 11.5 Å². The summed E-state index contributed by atoms with van der Waals surface area (Å²) in [7, 11) is 1.84. The lowest BCUT2D eigenvalue weighted by atomic mass is 9.80. The summed E-state index contributed by atoms with van der Waals surface area (Å²) in [5, 5.41) is 19.5. The zero-order valence-corrected chi connectivity index (χ0v) is 8.85. The molecule has 1 N–H and O–H groups in total. The van der Waals surface area contributed by atoms with Crippen LogP contribution in [0.25, 0.3) is 0 Å². The van der Waals surface area contributed by atoms with E-state index in [1.54, 1.807) is 17.1 Å². The van der Waals surface area contributed by atoms with Gasteiger partial charge in [-0.25, -0.2) is 4.98 Å². The van der Waals surface area contributed by atoms with E-state index in [1.807, 2.05) is 7.05 Å². The van der Waals surface area contributed by atoms with Crippen LogP contribution in [0.1, 0.15) is 37.5 Å². The van der Waals surface area contributed by atoms with Gasteiger partial charge in [0.05, 0.1) is 29.7 Å². The Labute approximate surface area is 89.2 Å². The third-order valence-electron chi connectivity index (χ3n) is 3.38. The van der Waals surface area contributed by atoms with E-state index in [9.17, 15) is 10.4 Å². The van der Waals surface area contributed by atoms with Crippen molar-refractivity contribution in [2.45, 2.75) is 31.8 Å². The molecule has 1 heterocycles. The summed E-state index contributed by atoms with van der Waals surface area (Å²) in [6.07, 6.45) is 6.22. The molecule has 1 aromatic heterocycles. The highest BCUT2D eigenvalue weighted by Gasteiger charge is 2.42. The van der Waals surface area contributed by atoms with Crippen LogP contribution < -0.4 is 0 Å². The van der Waals surface area contributed by atoms with Gasteiger partial charge in [0.25, 0.3) is 0 Å². The van der Waals surface area contributed by atoms with E-state index in [2.05, 4.69) is 11.1 Å². The van der Waals surface area contributed by atoms with Gasteiger partial charge < -0.3 is 9.67 Å². The molecular weight excluding hydrogens is 190 g/mol. The van der Waals surface area contributed by atoms with E-state index in [-0.39, 0.29) is 0 Å². The fourth-order valence-electron chi connectivity index (χ4n) is 2.37. The average molecular weight is 205 g/mol. The van der Waals surface area contributed by atoms with E-state index in [1.165, 1.54) is 0 Å². The van der Waals surface area contributed by atoms with Crippen molar-refractivity contribution in [3.63, 3.8) is 0 Å². The molecule has 1 atom stereocenters. The molecule has 1 unspecified atom stereocenters. The number of aliphatic hydroxyl groups excluding tert-OH is 1. The van der Waals surface area contributed by atoms with Gasteiger partial charge in [-0.15, -0.1) is 0 Å². The molecule has 4 nitrogen and oxygen atoms in total. The smallest absolute Gasteiger partial charge is 0.114 e. The summed E-state index contributed by atoms with van der Waals surface area (Å²) < 4.78 is 1.78. The molecule has 1 aliphatic rings. The first-order valence-electron chi connectivity index (χ1n) is 5.25. The second-order valence-electron chi connectivity index (χ2n) is 4.31. The van der Waals surface area contributed by atoms with Crippen molar-refractivity contribution in [3.8, 4) is 6.07 Å². The van der Waals surface area contributed by atoms with Gasteiger partial charge in [-0.2, -0.15) is 5.26 Å². The SMILES string of the molecule is Cn1cncc1C(O)C1(C#N)CCCC1. The maximum absolute atomic E-state index is 10.3. The lowest BCUT2D eigenvalue weighted by Crippen LogP contribution is -2.25. The molecule has 1 aliphatic carbocycles. The minimum atomic E-state index is -0.711. The van der Waals surface area contributed by atoms with Gasteiger partial charge in [-0.1, -0.05) is 12.8 Å². The fourth-order valence-corrected chi connectivity index (χ4v) is 2.37. The molecular formula is C11H15N3O. The summed E-state index contributed by atoms with van der Waals surface area (Å²) in [6.45, 7) is 0. The van der Waals surface area contributed by atoms with Crippen molar-refractivity contribution in [1.29, 1.82) is 5.26 Å². The Morgan fingerprint density at radius 1 is 1.60 bits per heavy atom. The largest absolute Gasteiger partial charge is 0.385 e. The third kappa shape index (κ3) is 1.53. The number of nitriles is 1. The zero-order chi connectivity index (χ0) is 10.9. The van der Waals surface area contributed by atoms with Crippen LogP contribution >= 0.6 is 0 Å². The second kappa shape index (κ2) is 3.67. The van der Waals surface area contributed by atoms with Gasteiger partial charge in [0.1, 0.15) is 6.10 Å². The molecule has 0 aliphatic heterocycles. The van der Waals surface area contributed by atoms with Gasteiger partial charge in [0.15, 0.2) is 0 Å². The predicted octanol–water partition coefficient (Wildman–Crippen LogP) is 1.54. The van der Waals surface area contributed by atoms with Crippen LogP contribution in [0, 0.1) is 16.7 Å². The highest BCUT2D eigenvalue weighted by Crippen LogP contribution is 2.46. The monoisotopic (exact) mass is 205 g/mol. The summed E-state index contributed by atoms with van der Waals surface area (Å²) in [6, 6.07) is 2.30. The molecule has 0 bridgehead atoms. The molecule has 15 heavy (non-hydrogen) atoms. The molecule has 0 radical (unpaired) electrons. The summed E-state index contributed by atoms with van der Waals surface area (Å²) in [5.74, 6) is 0. The van der Waals surface area contributed by atoms with Crippen LogP contribution in [0.4, 0.5) is 0 Å². The predicted molar refractivity (Wildman–Crippen MR) is 54.7 cm³/mol. The van der Waals surface area contributed by atoms with Crippen molar-refractivity contribution >= 4 is 0 Å². The first-order valence-corrected chi connectivity index (χ1v) is 5.25. The lowest BCUT2D eigenvalue weighted by Gasteiger charge is -2.26. The van der Waals surface area contributed by atoms with Crippen molar-refractivity contribution in [3.05, 3.63) is 18.2 Å². The van der Waals surface area contributed by atoms with Crippen LogP contribution in [0.3, 0.4) is 0 Å². The van der Waals surface area contributed by atoms with E-state index in [0.717, 1.165) is 31.4 Å². The topological polar surface area (TPSA) is 61.8 Å². The number of hydrogen-bond acceptors (Lipinski definition) is 3. The Bertz CT molecular complexity index is 385. The number of aromatic nitrogens is 2. The molecule has 4 heteroatoms. The molecule has 0 amide bonds. The highest BCUT2D eigenvalue weighted by atomic mass is 16.3. The van der Waals surface area contributed by atoms with Gasteiger partial charge in [-0.05, 0) is 12.8 Å². The van der Waals surface area contributed by atoms with Gasteiger partial charge in [0.2, 0.25) is 0 Å². The van der Waals surface area contributed by atoms with Crippen molar-refractivity contribution < 1.29 is 5.11 Å². The lowest BCUT2D eigenvalue weighted by molar-refractivity contribution is 0.0608. The first kappa shape index (κ1) is 10.2. The van der Waals surface area contributed by atoms with Crippen LogP contribution in [0.2, 0.25) is 0 Å². The van der Waals surface area contributed by atoms with Crippen molar-refractivity contribution in [2.24, 2.45) is 12.5 Å². The standard InChI is InChI=1S/C11H15N3O/c1-14-8-13-6-9(14)10(15)11(7-12)4-2-3-5-11/h6,8,10,15H,2-5H2,1H3. The Morgan fingerprint density at radius 2 is 2.27 bits per heavy atom. The van der Waals surface area contributed by atoms with Gasteiger partial charge in [0, 0.05) is 7.05 Å². The number of rotatable bonds is 2. The van der Waals surface area contributed by atoms with E-state index in [4.69, 9.17) is 0 Å². The quantitative estimate of drug-likeness (QED) is 0.796. The minimum absolute atomic E-state index is 0.589. The first-order chi connectivity index (χ1) is 7.19. The average Bonchev–Trinajstić information content (AvgIpc) is 2.86. The van der Waals surface area contributed by atoms with Gasteiger partial charge >= 0.3 is 0 Å². The highest BCUT2D eigenvalue weighted by molar-refractivity contribution is 5.15. The second-order valence-corrected chi connectivity index (χ2v) is 4.31.